The van der Waals surface area contributed by atoms with Crippen molar-refractivity contribution in [1.82, 2.24) is 4.98 Å². The van der Waals surface area contributed by atoms with Crippen LogP contribution < -0.4 is 0 Å². The average Bonchev–Trinajstić information content (AvgIpc) is 2.37. The van der Waals surface area contributed by atoms with Crippen molar-refractivity contribution in [2.75, 3.05) is 0 Å². The molecule has 0 spiro atoms. The van der Waals surface area contributed by atoms with Gasteiger partial charge in [-0.15, -0.1) is 0 Å². The number of carbonyl (C=O) groups is 1. The van der Waals surface area contributed by atoms with Crippen LogP contribution in [-0.2, 0) is 0 Å². The molecular weight excluding hydrogens is 238 g/mol. The van der Waals surface area contributed by atoms with E-state index < -0.39 is 5.97 Å². The molecule has 0 atom stereocenters. The molecule has 1 aromatic carbocycles. The van der Waals surface area contributed by atoms with E-state index in [1.807, 2.05) is 13.8 Å². The fourth-order valence-electron chi connectivity index (χ4n) is 2.30. The number of hydrogen-bond acceptors (Lipinski definition) is 2. The van der Waals surface area contributed by atoms with Crippen LogP contribution in [0.25, 0.3) is 11.3 Å². The zero-order chi connectivity index (χ0) is 14.2. The molecular formula is C16H17NO2. The van der Waals surface area contributed by atoms with Crippen molar-refractivity contribution in [2.45, 2.75) is 27.7 Å². The van der Waals surface area contributed by atoms with Crippen molar-refractivity contribution < 1.29 is 9.90 Å². The SMILES string of the molecule is Cc1cc(C)c(C)c(-c2cc(C(=O)O)ccn2)c1C. The van der Waals surface area contributed by atoms with Crippen molar-refractivity contribution >= 4 is 5.97 Å². The fourth-order valence-corrected chi connectivity index (χ4v) is 2.30. The summed E-state index contributed by atoms with van der Waals surface area (Å²) in [5, 5.41) is 9.08. The third kappa shape index (κ3) is 2.36. The molecule has 0 aliphatic carbocycles. The normalized spacial score (nSPS) is 10.5. The quantitative estimate of drug-likeness (QED) is 0.890. The van der Waals surface area contributed by atoms with Gasteiger partial charge < -0.3 is 5.11 Å². The van der Waals surface area contributed by atoms with E-state index in [2.05, 4.69) is 24.9 Å². The second-order valence-electron chi connectivity index (χ2n) is 4.87. The van der Waals surface area contributed by atoms with Crippen molar-refractivity contribution in [1.29, 1.82) is 0 Å². The first-order valence-corrected chi connectivity index (χ1v) is 6.19. The molecule has 1 aromatic heterocycles. The van der Waals surface area contributed by atoms with Crippen LogP contribution in [0.5, 0.6) is 0 Å². The van der Waals surface area contributed by atoms with E-state index in [1.165, 1.54) is 17.2 Å². The van der Waals surface area contributed by atoms with Crippen molar-refractivity contribution in [2.24, 2.45) is 0 Å². The van der Waals surface area contributed by atoms with E-state index >= 15 is 0 Å². The van der Waals surface area contributed by atoms with Gasteiger partial charge in [-0.1, -0.05) is 6.07 Å². The lowest BCUT2D eigenvalue weighted by Crippen LogP contribution is -2.00. The smallest absolute Gasteiger partial charge is 0.335 e. The Morgan fingerprint density at radius 3 is 2.16 bits per heavy atom. The molecule has 2 rings (SSSR count). The Labute approximate surface area is 112 Å². The molecule has 0 fully saturated rings. The number of pyridine rings is 1. The van der Waals surface area contributed by atoms with Gasteiger partial charge in [-0.3, -0.25) is 4.98 Å². The molecule has 2 aromatic rings. The first kappa shape index (κ1) is 13.3. The number of carboxylic acid groups (broad SMARTS) is 1. The minimum atomic E-state index is -0.927. The molecule has 0 saturated heterocycles. The Kier molecular flexibility index (Phi) is 3.38. The number of benzene rings is 1. The van der Waals surface area contributed by atoms with Crippen LogP contribution >= 0.6 is 0 Å². The van der Waals surface area contributed by atoms with Gasteiger partial charge in [0.05, 0.1) is 11.3 Å². The van der Waals surface area contributed by atoms with E-state index in [4.69, 9.17) is 5.11 Å². The summed E-state index contributed by atoms with van der Waals surface area (Å²) in [6, 6.07) is 5.30. The van der Waals surface area contributed by atoms with Crippen LogP contribution in [0, 0.1) is 27.7 Å². The van der Waals surface area contributed by atoms with Gasteiger partial charge in [0.15, 0.2) is 0 Å². The second-order valence-corrected chi connectivity index (χ2v) is 4.87. The summed E-state index contributed by atoms with van der Waals surface area (Å²) in [7, 11) is 0. The number of nitrogens with zero attached hydrogens (tertiary/aromatic N) is 1. The summed E-state index contributed by atoms with van der Waals surface area (Å²) in [6.45, 7) is 8.22. The van der Waals surface area contributed by atoms with Gasteiger partial charge in [-0.2, -0.15) is 0 Å². The number of carboxylic acids is 1. The van der Waals surface area contributed by atoms with Gasteiger partial charge in [0, 0.05) is 11.8 Å². The van der Waals surface area contributed by atoms with Gasteiger partial charge in [0.2, 0.25) is 0 Å². The highest BCUT2D eigenvalue weighted by molar-refractivity contribution is 5.89. The summed E-state index contributed by atoms with van der Waals surface area (Å²) in [5.74, 6) is -0.927. The molecule has 0 bridgehead atoms. The molecule has 98 valence electrons. The third-order valence-corrected chi connectivity index (χ3v) is 3.63. The Hall–Kier alpha value is -2.16. The largest absolute Gasteiger partial charge is 0.478 e. The molecule has 19 heavy (non-hydrogen) atoms. The predicted molar refractivity (Wildman–Crippen MR) is 75.6 cm³/mol. The first-order chi connectivity index (χ1) is 8.91. The molecule has 0 unspecified atom stereocenters. The highest BCUT2D eigenvalue weighted by Gasteiger charge is 2.13. The van der Waals surface area contributed by atoms with Crippen molar-refractivity contribution in [3.8, 4) is 11.3 Å². The van der Waals surface area contributed by atoms with Crippen LogP contribution in [0.15, 0.2) is 24.4 Å². The zero-order valence-electron chi connectivity index (χ0n) is 11.6. The van der Waals surface area contributed by atoms with Crippen LogP contribution in [-0.4, -0.2) is 16.1 Å². The average molecular weight is 255 g/mol. The van der Waals surface area contributed by atoms with E-state index in [9.17, 15) is 4.79 Å². The predicted octanol–water partition coefficient (Wildman–Crippen LogP) is 3.68. The lowest BCUT2D eigenvalue weighted by Gasteiger charge is -2.15. The van der Waals surface area contributed by atoms with Crippen LogP contribution in [0.3, 0.4) is 0 Å². The minimum Gasteiger partial charge on any atom is -0.478 e. The minimum absolute atomic E-state index is 0.267. The first-order valence-electron chi connectivity index (χ1n) is 6.19. The summed E-state index contributed by atoms with van der Waals surface area (Å²) in [5.41, 5.74) is 6.72. The molecule has 0 saturated carbocycles. The second kappa shape index (κ2) is 4.84. The van der Waals surface area contributed by atoms with E-state index in [0.717, 1.165) is 22.4 Å². The van der Waals surface area contributed by atoms with E-state index in [0.29, 0.717) is 0 Å². The summed E-state index contributed by atoms with van der Waals surface area (Å²) >= 11 is 0. The monoisotopic (exact) mass is 255 g/mol. The summed E-state index contributed by atoms with van der Waals surface area (Å²) in [6.07, 6.45) is 1.55. The van der Waals surface area contributed by atoms with Gasteiger partial charge in [-0.25, -0.2) is 4.79 Å². The molecule has 3 heteroatoms. The van der Waals surface area contributed by atoms with Crippen LogP contribution in [0.4, 0.5) is 0 Å². The molecule has 0 radical (unpaired) electrons. The number of aromatic carboxylic acids is 1. The van der Waals surface area contributed by atoms with E-state index in [1.54, 1.807) is 12.3 Å². The Morgan fingerprint density at radius 1 is 1.05 bits per heavy atom. The van der Waals surface area contributed by atoms with Crippen LogP contribution in [0.2, 0.25) is 0 Å². The fraction of sp³-hybridized carbons (Fsp3) is 0.250. The van der Waals surface area contributed by atoms with Crippen LogP contribution in [0.1, 0.15) is 32.6 Å². The molecule has 3 nitrogen and oxygen atoms in total. The number of aromatic nitrogens is 1. The topological polar surface area (TPSA) is 50.2 Å². The maximum Gasteiger partial charge on any atom is 0.335 e. The van der Waals surface area contributed by atoms with E-state index in [-0.39, 0.29) is 5.56 Å². The maximum atomic E-state index is 11.1. The number of hydrogen-bond donors (Lipinski definition) is 1. The van der Waals surface area contributed by atoms with Crippen molar-refractivity contribution in [3.05, 3.63) is 52.2 Å². The van der Waals surface area contributed by atoms with Gasteiger partial charge in [-0.05, 0) is 62.1 Å². The lowest BCUT2D eigenvalue weighted by atomic mass is 9.91. The highest BCUT2D eigenvalue weighted by atomic mass is 16.4. The Balaban J connectivity index is 2.72. The maximum absolute atomic E-state index is 11.1. The van der Waals surface area contributed by atoms with Gasteiger partial charge in [0.1, 0.15) is 0 Å². The zero-order valence-corrected chi connectivity index (χ0v) is 11.6. The molecule has 1 heterocycles. The van der Waals surface area contributed by atoms with Gasteiger partial charge in [0.25, 0.3) is 0 Å². The third-order valence-electron chi connectivity index (χ3n) is 3.63. The lowest BCUT2D eigenvalue weighted by molar-refractivity contribution is 0.0697. The number of rotatable bonds is 2. The van der Waals surface area contributed by atoms with Gasteiger partial charge >= 0.3 is 5.97 Å². The molecule has 0 aliphatic rings. The summed E-state index contributed by atoms with van der Waals surface area (Å²) < 4.78 is 0. The van der Waals surface area contributed by atoms with Crippen molar-refractivity contribution in [3.63, 3.8) is 0 Å². The Morgan fingerprint density at radius 2 is 1.63 bits per heavy atom. The molecule has 1 N–H and O–H groups in total. The Bertz CT molecular complexity index is 634. The standard InChI is InChI=1S/C16H17NO2/c1-9-7-10(2)12(4)15(11(9)3)14-8-13(16(18)19)5-6-17-14/h5-8H,1-4H3,(H,18,19). The summed E-state index contributed by atoms with van der Waals surface area (Å²) in [4.78, 5) is 15.4. The highest BCUT2D eigenvalue weighted by Crippen LogP contribution is 2.30. The number of aryl methyl sites for hydroxylation is 2. The molecule has 0 amide bonds. The molecule has 0 aliphatic heterocycles.